The molecule has 41 heavy (non-hydrogen) atoms. The van der Waals surface area contributed by atoms with E-state index in [0.29, 0.717) is 0 Å². The van der Waals surface area contributed by atoms with Crippen LogP contribution in [0.1, 0.15) is 12.5 Å². The first kappa shape index (κ1) is 33.3. The molecule has 4 heterocycles. The van der Waals surface area contributed by atoms with Crippen LogP contribution in [0.2, 0.25) is 0 Å². The van der Waals surface area contributed by atoms with Crippen LogP contribution in [-0.2, 0) is 15.1 Å². The second-order valence-corrected chi connectivity index (χ2v) is 21.1. The maximum absolute atomic E-state index is 12.6. The van der Waals surface area contributed by atoms with Crippen molar-refractivity contribution in [2.45, 2.75) is 12.5 Å². The Morgan fingerprint density at radius 1 is 0.707 bits per heavy atom. The lowest BCUT2D eigenvalue weighted by molar-refractivity contribution is -0.149. The number of carbonyl (C=O) groups is 1. The van der Waals surface area contributed by atoms with Crippen molar-refractivity contribution in [1.82, 2.24) is 0 Å². The van der Waals surface area contributed by atoms with Crippen molar-refractivity contribution in [2.24, 2.45) is 0 Å². The summed E-state index contributed by atoms with van der Waals surface area (Å²) >= 11 is 21.3. The van der Waals surface area contributed by atoms with Crippen LogP contribution in [-0.4, -0.2) is 31.0 Å². The van der Waals surface area contributed by atoms with Crippen LogP contribution in [0, 0.1) is 11.8 Å². The molecule has 1 atom stereocenters. The first-order chi connectivity index (χ1) is 19.9. The molecular formula is C27H22O2S12. The van der Waals surface area contributed by atoms with E-state index in [1.54, 1.807) is 94.1 Å². The van der Waals surface area contributed by atoms with E-state index in [2.05, 4.69) is 47.7 Å². The van der Waals surface area contributed by atoms with Gasteiger partial charge in [-0.1, -0.05) is 130 Å². The van der Waals surface area contributed by atoms with Crippen molar-refractivity contribution >= 4 is 147 Å². The topological polar surface area (TPSA) is 26.3 Å². The highest BCUT2D eigenvalue weighted by atomic mass is 32.3. The van der Waals surface area contributed by atoms with Crippen molar-refractivity contribution in [3.05, 3.63) is 90.4 Å². The molecule has 0 saturated heterocycles. The van der Waals surface area contributed by atoms with Crippen LogP contribution in [0.4, 0.5) is 0 Å². The second kappa shape index (κ2) is 15.5. The number of esters is 1. The van der Waals surface area contributed by atoms with Crippen LogP contribution in [0.3, 0.4) is 0 Å². The molecule has 0 radical (unpaired) electrons. The van der Waals surface area contributed by atoms with Gasteiger partial charge in [-0.25, -0.2) is 0 Å². The molecule has 214 valence electrons. The average Bonchev–Trinajstić information content (AvgIpc) is 3.80. The molecule has 0 fully saturated rings. The highest BCUT2D eigenvalue weighted by molar-refractivity contribution is 8.43. The molecule has 1 unspecified atom stereocenters. The number of hydrogen-bond donors (Lipinski definition) is 0. The molecule has 4 aliphatic heterocycles. The largest absolute Gasteiger partial charge is 0.437 e. The van der Waals surface area contributed by atoms with E-state index in [4.69, 9.17) is 4.74 Å². The molecule has 2 nitrogen and oxygen atoms in total. The Kier molecular flexibility index (Phi) is 12.5. The standard InChI is InChI=1S/C27H22O2S12/c1-15(28)29-27(16-9-7-6-8-10-16,18-14-35-24(37-18)26-40-21(32-4)22(33-5)41-26)12-11-17-13-34-23(36-17)25-38-19(30-2)20(31-3)39-25/h6-10,13-14H,1-5H3. The Bertz CT molecular complexity index is 1460. The van der Waals surface area contributed by atoms with Gasteiger partial charge in [-0.3, -0.25) is 4.79 Å². The number of hydrogen-bond acceptors (Lipinski definition) is 14. The van der Waals surface area contributed by atoms with E-state index in [9.17, 15) is 4.79 Å². The minimum absolute atomic E-state index is 0.361. The van der Waals surface area contributed by atoms with Gasteiger partial charge in [0.2, 0.25) is 5.60 Å². The third-order valence-corrected chi connectivity index (χ3v) is 21.5. The zero-order chi connectivity index (χ0) is 29.0. The fraction of sp³-hybridized carbons (Fsp3) is 0.222. The van der Waals surface area contributed by atoms with Gasteiger partial charge in [-0.2, -0.15) is 0 Å². The SMILES string of the molecule is CSC1=C(SC)SC(=C2SC=C(C#CC(OC(C)=O)(C3=CSC(=C4SC(SC)=C(SC)S4)S3)c3ccccc3)S2)S1. The van der Waals surface area contributed by atoms with Crippen molar-refractivity contribution in [2.75, 3.05) is 25.0 Å². The third-order valence-electron chi connectivity index (χ3n) is 5.29. The summed E-state index contributed by atoms with van der Waals surface area (Å²) in [6.45, 7) is 1.46. The summed E-state index contributed by atoms with van der Waals surface area (Å²) in [7, 11) is 0. The highest BCUT2D eigenvalue weighted by Gasteiger charge is 2.42. The van der Waals surface area contributed by atoms with Gasteiger partial charge < -0.3 is 4.74 Å². The zero-order valence-electron chi connectivity index (χ0n) is 22.3. The number of ether oxygens (including phenoxy) is 1. The molecule has 14 heteroatoms. The molecule has 4 aliphatic rings. The van der Waals surface area contributed by atoms with Gasteiger partial charge in [0.05, 0.1) is 43.7 Å². The predicted molar refractivity (Wildman–Crippen MR) is 207 cm³/mol. The lowest BCUT2D eigenvalue weighted by atomic mass is 9.93. The molecule has 0 amide bonds. The minimum atomic E-state index is -1.20. The first-order valence-corrected chi connectivity index (χ1v) is 23.2. The van der Waals surface area contributed by atoms with Gasteiger partial charge in [0, 0.05) is 12.5 Å². The van der Waals surface area contributed by atoms with E-state index >= 15 is 0 Å². The molecule has 1 aromatic carbocycles. The molecule has 0 N–H and O–H groups in total. The fourth-order valence-electron chi connectivity index (χ4n) is 3.56. The lowest BCUT2D eigenvalue weighted by Crippen LogP contribution is -2.31. The minimum Gasteiger partial charge on any atom is -0.437 e. The summed E-state index contributed by atoms with van der Waals surface area (Å²) in [5, 5.41) is 4.22. The van der Waals surface area contributed by atoms with Crippen molar-refractivity contribution in [1.29, 1.82) is 0 Å². The third kappa shape index (κ3) is 7.65. The molecule has 0 aromatic heterocycles. The molecule has 1 aromatic rings. The van der Waals surface area contributed by atoms with Crippen molar-refractivity contribution in [3.8, 4) is 11.8 Å². The van der Waals surface area contributed by atoms with Gasteiger partial charge in [-0.15, -0.1) is 47.0 Å². The molecule has 0 aliphatic carbocycles. The van der Waals surface area contributed by atoms with Gasteiger partial charge in [0.25, 0.3) is 0 Å². The zero-order valence-corrected chi connectivity index (χ0v) is 32.1. The molecule has 5 rings (SSSR count). The van der Waals surface area contributed by atoms with E-state index in [0.717, 1.165) is 15.4 Å². The maximum atomic E-state index is 12.6. The van der Waals surface area contributed by atoms with Crippen LogP contribution in [0.5, 0.6) is 0 Å². The maximum Gasteiger partial charge on any atom is 0.304 e. The van der Waals surface area contributed by atoms with Crippen LogP contribution < -0.4 is 0 Å². The van der Waals surface area contributed by atoms with Crippen LogP contribution in [0.15, 0.2) is 84.9 Å². The second-order valence-electron chi connectivity index (χ2n) is 7.82. The first-order valence-electron chi connectivity index (χ1n) is 11.6. The van der Waals surface area contributed by atoms with E-state index < -0.39 is 5.60 Å². The summed E-state index contributed by atoms with van der Waals surface area (Å²) in [6, 6.07) is 9.91. The summed E-state index contributed by atoms with van der Waals surface area (Å²) in [5.41, 5.74) is -0.347. The van der Waals surface area contributed by atoms with E-state index in [1.807, 2.05) is 77.4 Å². The van der Waals surface area contributed by atoms with Gasteiger partial charge in [0.15, 0.2) is 0 Å². The average molecular weight is 763 g/mol. The molecule has 0 bridgehead atoms. The Morgan fingerprint density at radius 2 is 1.22 bits per heavy atom. The quantitative estimate of drug-likeness (QED) is 0.195. The predicted octanol–water partition coefficient (Wildman–Crippen LogP) is 12.0. The van der Waals surface area contributed by atoms with E-state index in [-0.39, 0.29) is 5.97 Å². The Hall–Kier alpha value is 0.890. The van der Waals surface area contributed by atoms with Gasteiger partial charge in [0.1, 0.15) is 0 Å². The van der Waals surface area contributed by atoms with Crippen molar-refractivity contribution < 1.29 is 9.53 Å². The lowest BCUT2D eigenvalue weighted by Gasteiger charge is -2.29. The number of benzene rings is 1. The highest BCUT2D eigenvalue weighted by Crippen LogP contribution is 2.64. The summed E-state index contributed by atoms with van der Waals surface area (Å²) in [6.07, 6.45) is 8.52. The molecule has 0 spiro atoms. The van der Waals surface area contributed by atoms with Crippen molar-refractivity contribution in [3.63, 3.8) is 0 Å². The fourth-order valence-corrected chi connectivity index (χ4v) is 18.7. The summed E-state index contributed by atoms with van der Waals surface area (Å²) in [4.78, 5) is 14.5. The number of carbonyl (C=O) groups excluding carboxylic acids is 1. The number of rotatable bonds is 7. The summed E-state index contributed by atoms with van der Waals surface area (Å²) in [5.74, 6) is 6.52. The van der Waals surface area contributed by atoms with Gasteiger partial charge >= 0.3 is 5.97 Å². The molecule has 0 saturated carbocycles. The van der Waals surface area contributed by atoms with Gasteiger partial charge in [-0.05, 0) is 41.8 Å². The number of thioether (sulfide) groups is 12. The Balaban J connectivity index is 1.45. The monoisotopic (exact) mass is 762 g/mol. The molecular weight excluding hydrogens is 741 g/mol. The smallest absolute Gasteiger partial charge is 0.304 e. The van der Waals surface area contributed by atoms with E-state index in [1.165, 1.54) is 40.8 Å². The normalized spacial score (nSPS) is 20.4. The number of allylic oxidation sites excluding steroid dienone is 1. The van der Waals surface area contributed by atoms with Crippen LogP contribution in [0.25, 0.3) is 0 Å². The summed E-state index contributed by atoms with van der Waals surface area (Å²) < 4.78 is 16.6. The Labute approximate surface area is 293 Å². The van der Waals surface area contributed by atoms with Crippen LogP contribution >= 0.6 is 141 Å². The Morgan fingerprint density at radius 3 is 1.73 bits per heavy atom.